The van der Waals surface area contributed by atoms with Crippen molar-refractivity contribution in [3.05, 3.63) is 84.3 Å². The highest BCUT2D eigenvalue weighted by Crippen LogP contribution is 2.29. The van der Waals surface area contributed by atoms with Gasteiger partial charge in [-0.25, -0.2) is 9.07 Å². The van der Waals surface area contributed by atoms with E-state index in [9.17, 15) is 4.39 Å². The molecule has 0 aliphatic carbocycles. The molecule has 0 aliphatic heterocycles. The van der Waals surface area contributed by atoms with Crippen LogP contribution in [-0.4, -0.2) is 21.6 Å². The molecular weight excluding hydrogens is 397 g/mol. The van der Waals surface area contributed by atoms with Gasteiger partial charge < -0.3 is 10.5 Å². The molecule has 6 heteroatoms. The number of hydrogen-bond acceptors (Lipinski definition) is 4. The maximum absolute atomic E-state index is 13.2. The minimum absolute atomic E-state index is 0.174. The number of hydrogen-bond donors (Lipinski definition) is 1. The molecule has 1 aromatic heterocycles. The van der Waals surface area contributed by atoms with Crippen LogP contribution in [-0.2, 0) is 0 Å². The fraction of sp³-hybridized carbons (Fsp3) is 0.208. The molecule has 154 valence electrons. The maximum Gasteiger partial charge on any atom is 0.138 e. The third-order valence-electron chi connectivity index (χ3n) is 4.87. The van der Waals surface area contributed by atoms with E-state index in [1.807, 2.05) is 36.9 Å². The molecule has 0 aliphatic rings. The molecule has 2 atom stereocenters. The Morgan fingerprint density at radius 1 is 1.07 bits per heavy atom. The predicted octanol–water partition coefficient (Wildman–Crippen LogP) is 5.74. The van der Waals surface area contributed by atoms with E-state index in [-0.39, 0.29) is 18.0 Å². The Kier molecular flexibility index (Phi) is 6.06. The lowest BCUT2D eigenvalue weighted by atomic mass is 10.0. The lowest BCUT2D eigenvalue weighted by Gasteiger charge is -2.23. The average molecular weight is 422 g/mol. The van der Waals surface area contributed by atoms with E-state index in [0.29, 0.717) is 0 Å². The SMILES string of the molecule is CCSc1ccc(C(Oc2ccc3c(cnn3-c3ccc(F)cc3)c2)C(C)N)cc1. The predicted molar refractivity (Wildman–Crippen MR) is 121 cm³/mol. The lowest BCUT2D eigenvalue weighted by Crippen LogP contribution is -2.29. The highest BCUT2D eigenvalue weighted by Gasteiger charge is 2.19. The van der Waals surface area contributed by atoms with Crippen LogP contribution in [0.1, 0.15) is 25.5 Å². The first-order valence-corrected chi connectivity index (χ1v) is 10.9. The number of fused-ring (bicyclic) bond motifs is 1. The number of benzene rings is 3. The molecule has 2 N–H and O–H groups in total. The van der Waals surface area contributed by atoms with E-state index in [1.165, 1.54) is 17.0 Å². The molecule has 2 unspecified atom stereocenters. The van der Waals surface area contributed by atoms with Crippen LogP contribution in [0.5, 0.6) is 5.75 Å². The Bertz CT molecular complexity index is 1120. The third-order valence-corrected chi connectivity index (χ3v) is 5.77. The summed E-state index contributed by atoms with van der Waals surface area (Å²) in [6, 6.07) is 20.3. The van der Waals surface area contributed by atoms with E-state index in [0.717, 1.165) is 33.7 Å². The van der Waals surface area contributed by atoms with Crippen LogP contribution in [0.4, 0.5) is 4.39 Å². The largest absolute Gasteiger partial charge is 0.484 e. The molecule has 1 heterocycles. The molecule has 4 aromatic rings. The van der Waals surface area contributed by atoms with Gasteiger partial charge in [-0.2, -0.15) is 5.10 Å². The summed E-state index contributed by atoms with van der Waals surface area (Å²) < 4.78 is 21.3. The molecule has 0 fully saturated rings. The molecule has 4 rings (SSSR count). The molecule has 0 amide bonds. The minimum atomic E-state index is -0.269. The van der Waals surface area contributed by atoms with Crippen molar-refractivity contribution in [1.29, 1.82) is 0 Å². The number of ether oxygens (including phenoxy) is 1. The van der Waals surface area contributed by atoms with Crippen molar-refractivity contribution >= 4 is 22.7 Å². The molecule has 0 saturated heterocycles. The van der Waals surface area contributed by atoms with Gasteiger partial charge in [-0.15, -0.1) is 11.8 Å². The van der Waals surface area contributed by atoms with Crippen molar-refractivity contribution < 1.29 is 9.13 Å². The number of thioether (sulfide) groups is 1. The number of rotatable bonds is 7. The lowest BCUT2D eigenvalue weighted by molar-refractivity contribution is 0.180. The summed E-state index contributed by atoms with van der Waals surface area (Å²) in [5.41, 5.74) is 9.02. The molecule has 3 aromatic carbocycles. The van der Waals surface area contributed by atoms with E-state index < -0.39 is 0 Å². The molecule has 0 bridgehead atoms. The van der Waals surface area contributed by atoms with Crippen LogP contribution in [0.3, 0.4) is 0 Å². The molecule has 0 radical (unpaired) electrons. The van der Waals surface area contributed by atoms with E-state index >= 15 is 0 Å². The summed E-state index contributed by atoms with van der Waals surface area (Å²) in [6.07, 6.45) is 1.53. The Morgan fingerprint density at radius 3 is 2.47 bits per heavy atom. The normalized spacial score (nSPS) is 13.3. The zero-order valence-electron chi connectivity index (χ0n) is 17.0. The number of nitrogens with zero attached hydrogens (tertiary/aromatic N) is 2. The van der Waals surface area contributed by atoms with Gasteiger partial charge in [-0.05, 0) is 72.8 Å². The quantitative estimate of drug-likeness (QED) is 0.386. The van der Waals surface area contributed by atoms with Crippen molar-refractivity contribution in [2.24, 2.45) is 5.73 Å². The van der Waals surface area contributed by atoms with Gasteiger partial charge in [0.25, 0.3) is 0 Å². The van der Waals surface area contributed by atoms with Gasteiger partial charge in [0.05, 0.1) is 17.4 Å². The van der Waals surface area contributed by atoms with Gasteiger partial charge >= 0.3 is 0 Å². The van der Waals surface area contributed by atoms with Gasteiger partial charge in [-0.1, -0.05) is 19.1 Å². The zero-order chi connectivity index (χ0) is 21.1. The highest BCUT2D eigenvalue weighted by molar-refractivity contribution is 7.99. The van der Waals surface area contributed by atoms with Gasteiger partial charge in [0.2, 0.25) is 0 Å². The molecule has 4 nitrogen and oxygen atoms in total. The minimum Gasteiger partial charge on any atom is -0.484 e. The second-order valence-electron chi connectivity index (χ2n) is 7.15. The van der Waals surface area contributed by atoms with Crippen molar-refractivity contribution in [2.45, 2.75) is 30.9 Å². The molecule has 0 saturated carbocycles. The first-order chi connectivity index (χ1) is 14.5. The van der Waals surface area contributed by atoms with Crippen molar-refractivity contribution in [2.75, 3.05) is 5.75 Å². The first-order valence-electron chi connectivity index (χ1n) is 9.94. The van der Waals surface area contributed by atoms with E-state index in [1.54, 1.807) is 23.0 Å². The Balaban J connectivity index is 1.59. The number of nitrogens with two attached hydrogens (primary N) is 1. The monoisotopic (exact) mass is 421 g/mol. The van der Waals surface area contributed by atoms with Gasteiger partial charge in [0.15, 0.2) is 0 Å². The molecule has 0 spiro atoms. The zero-order valence-corrected chi connectivity index (χ0v) is 17.8. The molecular formula is C24H24FN3OS. The van der Waals surface area contributed by atoms with E-state index in [2.05, 4.69) is 36.3 Å². The first kappa shape index (κ1) is 20.4. The van der Waals surface area contributed by atoms with Gasteiger partial charge in [0, 0.05) is 16.3 Å². The van der Waals surface area contributed by atoms with Crippen LogP contribution >= 0.6 is 11.8 Å². The van der Waals surface area contributed by atoms with Crippen molar-refractivity contribution in [3.8, 4) is 11.4 Å². The van der Waals surface area contributed by atoms with Crippen molar-refractivity contribution in [1.82, 2.24) is 9.78 Å². The average Bonchev–Trinajstić information content (AvgIpc) is 3.16. The second-order valence-corrected chi connectivity index (χ2v) is 8.49. The van der Waals surface area contributed by atoms with Gasteiger partial charge in [0.1, 0.15) is 17.7 Å². The van der Waals surface area contributed by atoms with Crippen LogP contribution < -0.4 is 10.5 Å². The Labute approximate surface area is 179 Å². The Hall–Kier alpha value is -2.83. The summed E-state index contributed by atoms with van der Waals surface area (Å²) in [7, 11) is 0. The second kappa shape index (κ2) is 8.90. The van der Waals surface area contributed by atoms with Crippen LogP contribution in [0.15, 0.2) is 77.8 Å². The van der Waals surface area contributed by atoms with Crippen LogP contribution in [0, 0.1) is 5.82 Å². The summed E-state index contributed by atoms with van der Waals surface area (Å²) in [4.78, 5) is 1.24. The van der Waals surface area contributed by atoms with Crippen LogP contribution in [0.2, 0.25) is 0 Å². The fourth-order valence-corrected chi connectivity index (χ4v) is 4.08. The highest BCUT2D eigenvalue weighted by atomic mass is 32.2. The fourth-order valence-electron chi connectivity index (χ4n) is 3.42. The number of halogens is 1. The summed E-state index contributed by atoms with van der Waals surface area (Å²) in [6.45, 7) is 4.09. The third kappa shape index (κ3) is 4.35. The Morgan fingerprint density at radius 2 is 1.80 bits per heavy atom. The van der Waals surface area contributed by atoms with E-state index in [4.69, 9.17) is 10.5 Å². The van der Waals surface area contributed by atoms with Gasteiger partial charge in [-0.3, -0.25) is 0 Å². The van der Waals surface area contributed by atoms with Crippen molar-refractivity contribution in [3.63, 3.8) is 0 Å². The maximum atomic E-state index is 13.2. The topological polar surface area (TPSA) is 53.1 Å². The standard InChI is InChI=1S/C24H24FN3OS/c1-3-30-22-11-4-17(5-12-22)24(16(2)26)29-21-10-13-23-18(14-21)15-27-28(23)20-8-6-19(25)7-9-20/h4-16,24H,3,26H2,1-2H3. The smallest absolute Gasteiger partial charge is 0.138 e. The molecule has 30 heavy (non-hydrogen) atoms. The van der Waals surface area contributed by atoms with Crippen LogP contribution in [0.25, 0.3) is 16.6 Å². The summed E-state index contributed by atoms with van der Waals surface area (Å²) in [5.74, 6) is 1.50. The summed E-state index contributed by atoms with van der Waals surface area (Å²) in [5, 5.41) is 5.39. The summed E-state index contributed by atoms with van der Waals surface area (Å²) >= 11 is 1.81. The number of aromatic nitrogens is 2.